The molecule has 7 nitrogen and oxygen atoms in total. The summed E-state index contributed by atoms with van der Waals surface area (Å²) in [6, 6.07) is 15.3. The first-order valence-electron chi connectivity index (χ1n) is 9.37. The fraction of sp³-hybridized carbons (Fsp3) is 0.250. The van der Waals surface area contributed by atoms with E-state index in [9.17, 15) is 13.2 Å². The van der Waals surface area contributed by atoms with E-state index in [-0.39, 0.29) is 11.4 Å². The van der Waals surface area contributed by atoms with Gasteiger partial charge in [0.05, 0.1) is 10.6 Å². The Labute approximate surface area is 184 Å². The largest absolute Gasteiger partial charge is 0.299 e. The van der Waals surface area contributed by atoms with Gasteiger partial charge in [-0.15, -0.1) is 10.2 Å². The number of aryl methyl sites for hydroxylation is 1. The van der Waals surface area contributed by atoms with Crippen LogP contribution < -0.4 is 9.62 Å². The maximum atomic E-state index is 13.4. The van der Waals surface area contributed by atoms with Gasteiger partial charge in [-0.1, -0.05) is 73.3 Å². The van der Waals surface area contributed by atoms with Crippen molar-refractivity contribution in [3.63, 3.8) is 0 Å². The Hall–Kier alpha value is -2.43. The molecule has 1 heterocycles. The van der Waals surface area contributed by atoms with Crippen LogP contribution in [0.15, 0.2) is 63.8 Å². The lowest BCUT2D eigenvalue weighted by Crippen LogP contribution is -2.38. The average molecular weight is 463 g/mol. The van der Waals surface area contributed by atoms with Gasteiger partial charge in [0.1, 0.15) is 6.54 Å². The lowest BCUT2D eigenvalue weighted by molar-refractivity contribution is -0.114. The molecule has 0 aliphatic carbocycles. The normalized spacial score (nSPS) is 11.3. The second-order valence-corrected chi connectivity index (χ2v) is 10.5. The van der Waals surface area contributed by atoms with Crippen LogP contribution in [0, 0.1) is 0 Å². The predicted molar refractivity (Wildman–Crippen MR) is 122 cm³/mol. The molecule has 3 aromatic rings. The summed E-state index contributed by atoms with van der Waals surface area (Å²) in [5.74, 6) is 0.365. The van der Waals surface area contributed by atoms with E-state index in [1.165, 1.54) is 35.2 Å². The Balaban J connectivity index is 1.92. The molecule has 30 heavy (non-hydrogen) atoms. The van der Waals surface area contributed by atoms with Crippen LogP contribution in [0.5, 0.6) is 0 Å². The molecule has 0 radical (unpaired) electrons. The third-order valence-electron chi connectivity index (χ3n) is 4.18. The van der Waals surface area contributed by atoms with Gasteiger partial charge < -0.3 is 0 Å². The first-order chi connectivity index (χ1) is 14.5. The summed E-state index contributed by atoms with van der Waals surface area (Å²) >= 11 is 2.79. The third kappa shape index (κ3) is 5.18. The Morgan fingerprint density at radius 1 is 1.07 bits per heavy atom. The molecule has 0 saturated heterocycles. The number of anilines is 2. The van der Waals surface area contributed by atoms with Gasteiger partial charge in [0.25, 0.3) is 10.0 Å². The molecule has 0 saturated carbocycles. The SMILES string of the molecule is CCSc1nnc(NC(=O)CN(c2ccccc2CC)S(=O)(=O)c2ccccc2)s1. The number of sulfonamides is 1. The van der Waals surface area contributed by atoms with Crippen LogP contribution in [0.2, 0.25) is 0 Å². The lowest BCUT2D eigenvalue weighted by Gasteiger charge is -2.26. The second kappa shape index (κ2) is 10.1. The number of rotatable bonds is 9. The molecule has 0 bridgehead atoms. The summed E-state index contributed by atoms with van der Waals surface area (Å²) in [5.41, 5.74) is 1.32. The van der Waals surface area contributed by atoms with Crippen LogP contribution in [0.4, 0.5) is 10.8 Å². The van der Waals surface area contributed by atoms with Crippen molar-refractivity contribution in [3.8, 4) is 0 Å². The molecule has 10 heteroatoms. The van der Waals surface area contributed by atoms with E-state index in [4.69, 9.17) is 0 Å². The highest BCUT2D eigenvalue weighted by atomic mass is 32.2. The maximum Gasteiger partial charge on any atom is 0.264 e. The summed E-state index contributed by atoms with van der Waals surface area (Å²) in [4.78, 5) is 12.9. The zero-order chi connectivity index (χ0) is 21.6. The van der Waals surface area contributed by atoms with Gasteiger partial charge in [0.15, 0.2) is 4.34 Å². The first kappa shape index (κ1) is 22.3. The molecule has 0 aliphatic heterocycles. The smallest absolute Gasteiger partial charge is 0.264 e. The summed E-state index contributed by atoms with van der Waals surface area (Å²) in [6.07, 6.45) is 0.632. The fourth-order valence-corrected chi connectivity index (χ4v) is 5.95. The molecule has 2 aromatic carbocycles. The number of amides is 1. The van der Waals surface area contributed by atoms with Crippen molar-refractivity contribution in [2.75, 3.05) is 21.9 Å². The van der Waals surface area contributed by atoms with Crippen LogP contribution >= 0.6 is 23.1 Å². The summed E-state index contributed by atoms with van der Waals surface area (Å²) < 4.78 is 28.7. The number of nitrogens with one attached hydrogen (secondary N) is 1. The zero-order valence-electron chi connectivity index (χ0n) is 16.6. The molecule has 1 aromatic heterocycles. The molecule has 1 amide bonds. The van der Waals surface area contributed by atoms with E-state index in [0.29, 0.717) is 17.2 Å². The highest BCUT2D eigenvalue weighted by molar-refractivity contribution is 8.01. The van der Waals surface area contributed by atoms with Crippen LogP contribution in [0.3, 0.4) is 0 Å². The van der Waals surface area contributed by atoms with Crippen molar-refractivity contribution in [1.82, 2.24) is 10.2 Å². The molecule has 0 aliphatic rings. The topological polar surface area (TPSA) is 92.3 Å². The number of aromatic nitrogens is 2. The summed E-state index contributed by atoms with van der Waals surface area (Å²) in [7, 11) is -3.94. The van der Waals surface area contributed by atoms with Gasteiger partial charge in [0, 0.05) is 0 Å². The number of nitrogens with zero attached hydrogens (tertiary/aromatic N) is 3. The zero-order valence-corrected chi connectivity index (χ0v) is 19.1. The molecule has 158 valence electrons. The molecule has 0 spiro atoms. The summed E-state index contributed by atoms with van der Waals surface area (Å²) in [6.45, 7) is 3.58. The van der Waals surface area contributed by atoms with E-state index in [1.54, 1.807) is 30.3 Å². The molecule has 0 atom stereocenters. The van der Waals surface area contributed by atoms with E-state index in [2.05, 4.69) is 15.5 Å². The number of para-hydroxylation sites is 1. The Morgan fingerprint density at radius 2 is 1.77 bits per heavy atom. The van der Waals surface area contributed by atoms with Crippen LogP contribution in [0.25, 0.3) is 0 Å². The van der Waals surface area contributed by atoms with Gasteiger partial charge in [-0.05, 0) is 35.9 Å². The van der Waals surface area contributed by atoms with Gasteiger partial charge in [-0.3, -0.25) is 14.4 Å². The van der Waals surface area contributed by atoms with Gasteiger partial charge in [-0.25, -0.2) is 8.42 Å². The minimum Gasteiger partial charge on any atom is -0.299 e. The van der Waals surface area contributed by atoms with Gasteiger partial charge in [-0.2, -0.15) is 0 Å². The van der Waals surface area contributed by atoms with E-state index in [0.717, 1.165) is 20.0 Å². The number of thioether (sulfide) groups is 1. The second-order valence-electron chi connectivity index (χ2n) is 6.16. The minimum absolute atomic E-state index is 0.126. The van der Waals surface area contributed by atoms with Crippen LogP contribution in [0.1, 0.15) is 19.4 Å². The van der Waals surface area contributed by atoms with Crippen LogP contribution in [-0.4, -0.2) is 36.8 Å². The van der Waals surface area contributed by atoms with Crippen molar-refractivity contribution in [3.05, 3.63) is 60.2 Å². The number of benzene rings is 2. The highest BCUT2D eigenvalue weighted by Crippen LogP contribution is 2.28. The Bertz CT molecular complexity index is 1100. The number of hydrogen-bond acceptors (Lipinski definition) is 7. The van der Waals surface area contributed by atoms with Crippen LogP contribution in [-0.2, 0) is 21.2 Å². The molecular weight excluding hydrogens is 440 g/mol. The first-order valence-corrected chi connectivity index (χ1v) is 12.6. The standard InChI is InChI=1S/C20H22N4O3S3/c1-3-15-10-8-9-13-17(15)24(30(26,27)16-11-6-5-7-12-16)14-18(25)21-19-22-23-20(29-19)28-4-2/h5-13H,3-4,14H2,1-2H3,(H,21,22,25). The average Bonchev–Trinajstić information content (AvgIpc) is 3.19. The molecular formula is C20H22N4O3S3. The van der Waals surface area contributed by atoms with Gasteiger partial charge in [0.2, 0.25) is 11.0 Å². The van der Waals surface area contributed by atoms with Crippen molar-refractivity contribution in [2.24, 2.45) is 0 Å². The van der Waals surface area contributed by atoms with E-state index < -0.39 is 15.9 Å². The fourth-order valence-electron chi connectivity index (χ4n) is 2.80. The number of carbonyl (C=O) groups excluding carboxylic acids is 1. The minimum atomic E-state index is -3.94. The molecule has 0 fully saturated rings. The van der Waals surface area contributed by atoms with E-state index in [1.807, 2.05) is 26.0 Å². The Morgan fingerprint density at radius 3 is 2.47 bits per heavy atom. The lowest BCUT2D eigenvalue weighted by atomic mass is 10.1. The van der Waals surface area contributed by atoms with Crippen molar-refractivity contribution >= 4 is 49.8 Å². The summed E-state index contributed by atoms with van der Waals surface area (Å²) in [5, 5.41) is 11.0. The maximum absolute atomic E-state index is 13.4. The van der Waals surface area contributed by atoms with E-state index >= 15 is 0 Å². The Kier molecular flexibility index (Phi) is 7.46. The predicted octanol–water partition coefficient (Wildman–Crippen LogP) is 4.05. The van der Waals surface area contributed by atoms with Crippen molar-refractivity contribution in [2.45, 2.75) is 29.5 Å². The number of hydrogen-bond donors (Lipinski definition) is 1. The van der Waals surface area contributed by atoms with Gasteiger partial charge >= 0.3 is 0 Å². The molecule has 1 N–H and O–H groups in total. The highest BCUT2D eigenvalue weighted by Gasteiger charge is 2.28. The third-order valence-corrected chi connectivity index (χ3v) is 7.81. The monoisotopic (exact) mass is 462 g/mol. The molecule has 0 unspecified atom stereocenters. The van der Waals surface area contributed by atoms with Crippen molar-refractivity contribution < 1.29 is 13.2 Å². The molecule has 3 rings (SSSR count). The number of carbonyl (C=O) groups is 1. The quantitative estimate of drug-likeness (QED) is 0.381. The van der Waals surface area contributed by atoms with Crippen molar-refractivity contribution in [1.29, 1.82) is 0 Å².